The first-order valence-corrected chi connectivity index (χ1v) is 6.05. The molecule has 104 valence electrons. The average molecular weight is 269 g/mol. The number of nitro groups is 1. The third-order valence-corrected chi connectivity index (χ3v) is 3.02. The van der Waals surface area contributed by atoms with E-state index in [-0.39, 0.29) is 17.5 Å². The Kier molecular flexibility index (Phi) is 4.28. The van der Waals surface area contributed by atoms with Gasteiger partial charge in [0.2, 0.25) is 0 Å². The molecule has 1 fully saturated rings. The van der Waals surface area contributed by atoms with E-state index in [1.807, 2.05) is 7.05 Å². The van der Waals surface area contributed by atoms with Crippen molar-refractivity contribution in [2.24, 2.45) is 0 Å². The number of halogens is 1. The molecule has 0 radical (unpaired) electrons. The van der Waals surface area contributed by atoms with E-state index in [1.165, 1.54) is 12.1 Å². The Morgan fingerprint density at radius 1 is 1.63 bits per heavy atom. The van der Waals surface area contributed by atoms with Gasteiger partial charge in [0.25, 0.3) is 5.69 Å². The number of benzene rings is 1. The van der Waals surface area contributed by atoms with E-state index in [0.29, 0.717) is 6.61 Å². The van der Waals surface area contributed by atoms with E-state index in [9.17, 15) is 14.5 Å². The van der Waals surface area contributed by atoms with Crippen LogP contribution < -0.4 is 10.1 Å². The molecule has 19 heavy (non-hydrogen) atoms. The van der Waals surface area contributed by atoms with E-state index in [0.717, 1.165) is 25.7 Å². The second kappa shape index (κ2) is 5.94. The number of ether oxygens (including phenoxy) is 1. The largest absolute Gasteiger partial charge is 0.489 e. The molecule has 1 atom stereocenters. The van der Waals surface area contributed by atoms with Gasteiger partial charge in [0, 0.05) is 25.7 Å². The molecule has 0 aliphatic carbocycles. The molecule has 0 spiro atoms. The number of nitro benzene ring substituents is 1. The van der Waals surface area contributed by atoms with Crippen molar-refractivity contribution in [3.05, 3.63) is 34.1 Å². The van der Waals surface area contributed by atoms with Gasteiger partial charge in [-0.05, 0) is 13.1 Å². The molecule has 1 saturated heterocycles. The maximum Gasteiger partial charge on any atom is 0.272 e. The molecule has 1 aliphatic rings. The number of piperazine rings is 1. The Morgan fingerprint density at radius 2 is 2.42 bits per heavy atom. The molecular weight excluding hydrogens is 253 g/mol. The van der Waals surface area contributed by atoms with Crippen LogP contribution >= 0.6 is 0 Å². The van der Waals surface area contributed by atoms with E-state index >= 15 is 0 Å². The number of nitrogens with zero attached hydrogens (tertiary/aromatic N) is 2. The lowest BCUT2D eigenvalue weighted by Gasteiger charge is -2.30. The predicted molar refractivity (Wildman–Crippen MR) is 67.8 cm³/mol. The van der Waals surface area contributed by atoms with Crippen molar-refractivity contribution in [3.8, 4) is 5.75 Å². The molecule has 0 saturated carbocycles. The van der Waals surface area contributed by atoms with Crippen molar-refractivity contribution >= 4 is 5.69 Å². The highest BCUT2D eigenvalue weighted by molar-refractivity contribution is 5.37. The fourth-order valence-electron chi connectivity index (χ4n) is 2.01. The molecule has 7 heteroatoms. The Balaban J connectivity index is 1.94. The molecule has 0 aromatic heterocycles. The van der Waals surface area contributed by atoms with Crippen molar-refractivity contribution in [1.82, 2.24) is 10.2 Å². The van der Waals surface area contributed by atoms with Crippen LogP contribution in [0.1, 0.15) is 0 Å². The second-order valence-corrected chi connectivity index (χ2v) is 4.60. The SMILES string of the molecule is CN1CCNC(COc2ccc([N+](=O)[O-])cc2F)C1. The van der Waals surface area contributed by atoms with Crippen LogP contribution in [-0.2, 0) is 0 Å². The molecule has 2 rings (SSSR count). The summed E-state index contributed by atoms with van der Waals surface area (Å²) in [6, 6.07) is 3.53. The fraction of sp³-hybridized carbons (Fsp3) is 0.500. The normalized spacial score (nSPS) is 20.2. The van der Waals surface area contributed by atoms with Gasteiger partial charge in [-0.1, -0.05) is 0 Å². The zero-order chi connectivity index (χ0) is 13.8. The van der Waals surface area contributed by atoms with Crippen molar-refractivity contribution in [2.75, 3.05) is 33.3 Å². The van der Waals surface area contributed by atoms with E-state index in [4.69, 9.17) is 4.74 Å². The monoisotopic (exact) mass is 269 g/mol. The molecule has 6 nitrogen and oxygen atoms in total. The van der Waals surface area contributed by atoms with E-state index in [1.54, 1.807) is 0 Å². The maximum atomic E-state index is 13.6. The molecular formula is C12H16FN3O3. The molecule has 1 N–H and O–H groups in total. The standard InChI is InChI=1S/C12H16FN3O3/c1-15-5-4-14-9(7-15)8-19-12-3-2-10(16(17)18)6-11(12)13/h2-3,6,9,14H,4-5,7-8H2,1H3. The van der Waals surface area contributed by atoms with Gasteiger partial charge in [0.05, 0.1) is 17.0 Å². The van der Waals surface area contributed by atoms with Gasteiger partial charge in [-0.2, -0.15) is 0 Å². The van der Waals surface area contributed by atoms with Gasteiger partial charge in [-0.3, -0.25) is 10.1 Å². The van der Waals surface area contributed by atoms with Crippen LogP contribution in [0.3, 0.4) is 0 Å². The number of hydrogen-bond acceptors (Lipinski definition) is 5. The summed E-state index contributed by atoms with van der Waals surface area (Å²) in [6.45, 7) is 3.00. The van der Waals surface area contributed by atoms with Crippen LogP contribution in [-0.4, -0.2) is 49.2 Å². The Hall–Kier alpha value is -1.73. The van der Waals surface area contributed by atoms with Gasteiger partial charge in [0.1, 0.15) is 6.61 Å². The first-order valence-electron chi connectivity index (χ1n) is 6.05. The highest BCUT2D eigenvalue weighted by Crippen LogP contribution is 2.22. The maximum absolute atomic E-state index is 13.6. The van der Waals surface area contributed by atoms with Gasteiger partial charge in [-0.15, -0.1) is 0 Å². The summed E-state index contributed by atoms with van der Waals surface area (Å²) < 4.78 is 19.0. The van der Waals surface area contributed by atoms with Gasteiger partial charge in [0.15, 0.2) is 11.6 Å². The van der Waals surface area contributed by atoms with Gasteiger partial charge >= 0.3 is 0 Å². The summed E-state index contributed by atoms with van der Waals surface area (Å²) in [6.07, 6.45) is 0. The summed E-state index contributed by atoms with van der Waals surface area (Å²) in [5, 5.41) is 13.8. The Labute approximate surface area is 110 Å². The number of non-ortho nitro benzene ring substituents is 1. The minimum Gasteiger partial charge on any atom is -0.489 e. The number of nitrogens with one attached hydrogen (secondary N) is 1. The number of rotatable bonds is 4. The molecule has 0 amide bonds. The van der Waals surface area contributed by atoms with Crippen molar-refractivity contribution in [1.29, 1.82) is 0 Å². The van der Waals surface area contributed by atoms with Crippen molar-refractivity contribution in [3.63, 3.8) is 0 Å². The predicted octanol–water partition coefficient (Wildman–Crippen LogP) is 1.02. The smallest absolute Gasteiger partial charge is 0.272 e. The minimum atomic E-state index is -0.710. The molecule has 1 heterocycles. The second-order valence-electron chi connectivity index (χ2n) is 4.60. The molecule has 1 aliphatic heterocycles. The molecule has 1 unspecified atom stereocenters. The van der Waals surface area contributed by atoms with Crippen LogP contribution in [0.2, 0.25) is 0 Å². The van der Waals surface area contributed by atoms with E-state index in [2.05, 4.69) is 10.2 Å². The zero-order valence-corrected chi connectivity index (χ0v) is 10.6. The fourth-order valence-corrected chi connectivity index (χ4v) is 2.01. The average Bonchev–Trinajstić information content (AvgIpc) is 2.37. The van der Waals surface area contributed by atoms with Gasteiger partial charge < -0.3 is 15.0 Å². The lowest BCUT2D eigenvalue weighted by atomic mass is 10.2. The quantitative estimate of drug-likeness (QED) is 0.653. The van der Waals surface area contributed by atoms with Crippen molar-refractivity contribution in [2.45, 2.75) is 6.04 Å². The van der Waals surface area contributed by atoms with Crippen LogP contribution in [0, 0.1) is 15.9 Å². The molecule has 1 aromatic rings. The zero-order valence-electron chi connectivity index (χ0n) is 10.6. The Morgan fingerprint density at radius 3 is 3.05 bits per heavy atom. The summed E-state index contributed by atoms with van der Waals surface area (Å²) in [4.78, 5) is 12.0. The van der Waals surface area contributed by atoms with E-state index < -0.39 is 10.7 Å². The molecule has 0 bridgehead atoms. The summed E-state index contributed by atoms with van der Waals surface area (Å²) in [7, 11) is 2.01. The number of likely N-dealkylation sites (N-methyl/N-ethyl adjacent to an activating group) is 1. The number of hydrogen-bond donors (Lipinski definition) is 1. The lowest BCUT2D eigenvalue weighted by Crippen LogP contribution is -2.51. The Bertz CT molecular complexity index is 470. The minimum absolute atomic E-state index is 0.0422. The topological polar surface area (TPSA) is 67.6 Å². The first-order chi connectivity index (χ1) is 9.06. The third kappa shape index (κ3) is 3.62. The third-order valence-electron chi connectivity index (χ3n) is 3.02. The first kappa shape index (κ1) is 13.7. The summed E-state index contributed by atoms with van der Waals surface area (Å²) >= 11 is 0. The lowest BCUT2D eigenvalue weighted by molar-refractivity contribution is -0.385. The summed E-state index contributed by atoms with van der Waals surface area (Å²) in [5.74, 6) is -0.668. The van der Waals surface area contributed by atoms with Crippen LogP contribution in [0.15, 0.2) is 18.2 Å². The molecule has 1 aromatic carbocycles. The van der Waals surface area contributed by atoms with Crippen molar-refractivity contribution < 1.29 is 14.1 Å². The summed E-state index contributed by atoms with van der Waals surface area (Å²) in [5.41, 5.74) is -0.277. The van der Waals surface area contributed by atoms with Crippen LogP contribution in [0.4, 0.5) is 10.1 Å². The van der Waals surface area contributed by atoms with Crippen LogP contribution in [0.25, 0.3) is 0 Å². The highest BCUT2D eigenvalue weighted by atomic mass is 19.1. The van der Waals surface area contributed by atoms with Crippen LogP contribution in [0.5, 0.6) is 5.75 Å². The van der Waals surface area contributed by atoms with Gasteiger partial charge in [-0.25, -0.2) is 4.39 Å². The highest BCUT2D eigenvalue weighted by Gasteiger charge is 2.18.